The Morgan fingerprint density at radius 2 is 0.925 bits per heavy atom. The van der Waals surface area contributed by atoms with Gasteiger partial charge in [0.05, 0.1) is 11.6 Å². The van der Waals surface area contributed by atoms with Gasteiger partial charge in [-0.3, -0.25) is 0 Å². The second kappa shape index (κ2) is 8.80. The van der Waals surface area contributed by atoms with Crippen LogP contribution in [-0.4, -0.2) is 0 Å². The molecular formula is C39H23N. The summed E-state index contributed by atoms with van der Waals surface area (Å²) < 4.78 is 0. The maximum Gasteiger partial charge on any atom is 0.0991 e. The molecule has 8 rings (SSSR count). The van der Waals surface area contributed by atoms with Crippen LogP contribution in [0.4, 0.5) is 0 Å². The molecule has 8 aromatic carbocycles. The van der Waals surface area contributed by atoms with Gasteiger partial charge in [0.2, 0.25) is 0 Å². The van der Waals surface area contributed by atoms with Crippen molar-refractivity contribution in [1.82, 2.24) is 0 Å². The van der Waals surface area contributed by atoms with Crippen LogP contribution in [0.3, 0.4) is 0 Å². The fourth-order valence-electron chi connectivity index (χ4n) is 6.39. The van der Waals surface area contributed by atoms with Crippen LogP contribution in [0.25, 0.3) is 76.5 Å². The molecule has 0 fully saturated rings. The Balaban J connectivity index is 1.34. The molecular weight excluding hydrogens is 482 g/mol. The van der Waals surface area contributed by atoms with Gasteiger partial charge in [0.1, 0.15) is 0 Å². The highest BCUT2D eigenvalue weighted by Gasteiger charge is 2.15. The maximum absolute atomic E-state index is 9.38. The first kappa shape index (κ1) is 22.5. The zero-order valence-corrected chi connectivity index (χ0v) is 21.7. The molecule has 184 valence electrons. The molecule has 0 amide bonds. The van der Waals surface area contributed by atoms with Crippen molar-refractivity contribution in [1.29, 1.82) is 5.26 Å². The normalized spacial score (nSPS) is 11.5. The fraction of sp³-hybridized carbons (Fsp3) is 0. The van der Waals surface area contributed by atoms with Crippen molar-refractivity contribution >= 4 is 43.1 Å². The molecule has 0 bridgehead atoms. The Morgan fingerprint density at radius 3 is 1.73 bits per heavy atom. The van der Waals surface area contributed by atoms with Gasteiger partial charge in [-0.2, -0.15) is 5.26 Å². The molecule has 0 aliphatic carbocycles. The summed E-state index contributed by atoms with van der Waals surface area (Å²) in [5.74, 6) is 0. The Hall–Kier alpha value is -5.45. The summed E-state index contributed by atoms with van der Waals surface area (Å²) in [7, 11) is 0. The third-order valence-electron chi connectivity index (χ3n) is 8.24. The van der Waals surface area contributed by atoms with E-state index in [4.69, 9.17) is 0 Å². The number of fused-ring (bicyclic) bond motifs is 1. The Morgan fingerprint density at radius 1 is 0.375 bits per heavy atom. The van der Waals surface area contributed by atoms with E-state index < -0.39 is 0 Å². The number of hydrogen-bond donors (Lipinski definition) is 0. The van der Waals surface area contributed by atoms with Gasteiger partial charge in [0, 0.05) is 0 Å². The first-order chi connectivity index (χ1) is 19.8. The Bertz CT molecular complexity index is 2270. The average Bonchev–Trinajstić information content (AvgIpc) is 3.03. The molecule has 1 heteroatoms. The van der Waals surface area contributed by atoms with Crippen LogP contribution in [0.15, 0.2) is 140 Å². The summed E-state index contributed by atoms with van der Waals surface area (Å²) in [4.78, 5) is 0. The van der Waals surface area contributed by atoms with E-state index in [1.54, 1.807) is 0 Å². The molecule has 0 aliphatic rings. The quantitative estimate of drug-likeness (QED) is 0.219. The number of nitriles is 1. The minimum absolute atomic E-state index is 0.672. The lowest BCUT2D eigenvalue weighted by Crippen LogP contribution is -1.90. The van der Waals surface area contributed by atoms with Crippen molar-refractivity contribution in [2.75, 3.05) is 0 Å². The van der Waals surface area contributed by atoms with Crippen molar-refractivity contribution in [2.45, 2.75) is 0 Å². The molecule has 40 heavy (non-hydrogen) atoms. The zero-order chi connectivity index (χ0) is 26.6. The second-order valence-corrected chi connectivity index (χ2v) is 10.4. The predicted octanol–water partition coefficient (Wildman–Crippen LogP) is 10.6. The molecule has 0 aromatic heterocycles. The van der Waals surface area contributed by atoms with Crippen molar-refractivity contribution in [3.63, 3.8) is 0 Å². The van der Waals surface area contributed by atoms with E-state index in [2.05, 4.69) is 127 Å². The maximum atomic E-state index is 9.38. The second-order valence-electron chi connectivity index (χ2n) is 10.4. The first-order valence-corrected chi connectivity index (χ1v) is 13.6. The molecule has 0 radical (unpaired) electrons. The molecule has 8 aromatic rings. The van der Waals surface area contributed by atoms with Crippen molar-refractivity contribution < 1.29 is 0 Å². The SMILES string of the molecule is N#Cc1cccc(-c2cccc(-c3ccc(-c4ccc5ccc6cccc7ccc4c5c67)c4ccccc34)c2)c1. The van der Waals surface area contributed by atoms with Gasteiger partial charge in [0.25, 0.3) is 0 Å². The number of rotatable bonds is 3. The standard InChI is InChI=1S/C39H23N/c40-24-25-6-3-9-29(22-25)30-10-5-11-31(23-30)32-20-21-35(34-13-2-1-12-33(32)34)36-18-16-28-15-14-26-7-4-8-27-17-19-37(36)39(28)38(26)27/h1-23H. The molecule has 0 saturated heterocycles. The van der Waals surface area contributed by atoms with Crippen LogP contribution in [0, 0.1) is 11.3 Å². The Labute approximate surface area is 232 Å². The molecule has 0 spiro atoms. The lowest BCUT2D eigenvalue weighted by Gasteiger charge is -2.17. The molecule has 0 N–H and O–H groups in total. The lowest BCUT2D eigenvalue weighted by molar-refractivity contribution is 1.48. The largest absolute Gasteiger partial charge is 0.192 e. The number of hydrogen-bond acceptors (Lipinski definition) is 1. The molecule has 0 atom stereocenters. The molecule has 1 nitrogen and oxygen atoms in total. The monoisotopic (exact) mass is 505 g/mol. The summed E-state index contributed by atoms with van der Waals surface area (Å²) >= 11 is 0. The third-order valence-corrected chi connectivity index (χ3v) is 8.24. The van der Waals surface area contributed by atoms with Gasteiger partial charge >= 0.3 is 0 Å². The van der Waals surface area contributed by atoms with Gasteiger partial charge in [-0.15, -0.1) is 0 Å². The molecule has 0 unspecified atom stereocenters. The van der Waals surface area contributed by atoms with Gasteiger partial charge in [-0.25, -0.2) is 0 Å². The van der Waals surface area contributed by atoms with Crippen LogP contribution < -0.4 is 0 Å². The van der Waals surface area contributed by atoms with Crippen LogP contribution in [0.1, 0.15) is 5.56 Å². The van der Waals surface area contributed by atoms with Crippen molar-refractivity contribution in [3.8, 4) is 39.4 Å². The summed E-state index contributed by atoms with van der Waals surface area (Å²) in [6.45, 7) is 0. The minimum atomic E-state index is 0.672. The lowest BCUT2D eigenvalue weighted by atomic mass is 9.87. The van der Waals surface area contributed by atoms with E-state index >= 15 is 0 Å². The predicted molar refractivity (Wildman–Crippen MR) is 169 cm³/mol. The van der Waals surface area contributed by atoms with Crippen LogP contribution >= 0.6 is 0 Å². The topological polar surface area (TPSA) is 23.8 Å². The fourth-order valence-corrected chi connectivity index (χ4v) is 6.39. The molecule has 0 saturated carbocycles. The Kier molecular flexibility index (Phi) is 4.96. The molecule has 0 aliphatic heterocycles. The summed E-state index contributed by atoms with van der Waals surface area (Å²) in [5.41, 5.74) is 7.70. The molecule has 0 heterocycles. The van der Waals surface area contributed by atoms with E-state index in [1.165, 1.54) is 59.8 Å². The first-order valence-electron chi connectivity index (χ1n) is 13.6. The van der Waals surface area contributed by atoms with Crippen LogP contribution in [0.2, 0.25) is 0 Å². The van der Waals surface area contributed by atoms with Crippen molar-refractivity contribution in [3.05, 3.63) is 145 Å². The van der Waals surface area contributed by atoms with E-state index in [0.29, 0.717) is 5.56 Å². The summed E-state index contributed by atoms with van der Waals surface area (Å²) in [6, 6.07) is 52.1. The third kappa shape index (κ3) is 3.40. The minimum Gasteiger partial charge on any atom is -0.192 e. The highest BCUT2D eigenvalue weighted by atomic mass is 14.2. The van der Waals surface area contributed by atoms with Gasteiger partial charge in [0.15, 0.2) is 0 Å². The highest BCUT2D eigenvalue weighted by Crippen LogP contribution is 2.42. The van der Waals surface area contributed by atoms with E-state index in [-0.39, 0.29) is 0 Å². The van der Waals surface area contributed by atoms with E-state index in [9.17, 15) is 5.26 Å². The number of benzene rings is 8. The number of nitrogens with zero attached hydrogens (tertiary/aromatic N) is 1. The van der Waals surface area contributed by atoms with Gasteiger partial charge < -0.3 is 0 Å². The summed E-state index contributed by atoms with van der Waals surface area (Å²) in [6.07, 6.45) is 0. The van der Waals surface area contributed by atoms with Gasteiger partial charge in [-0.05, 0) is 94.7 Å². The zero-order valence-electron chi connectivity index (χ0n) is 21.7. The van der Waals surface area contributed by atoms with E-state index in [0.717, 1.165) is 16.7 Å². The van der Waals surface area contributed by atoms with Crippen LogP contribution in [-0.2, 0) is 0 Å². The van der Waals surface area contributed by atoms with Crippen LogP contribution in [0.5, 0.6) is 0 Å². The van der Waals surface area contributed by atoms with E-state index in [1.807, 2.05) is 18.2 Å². The smallest absolute Gasteiger partial charge is 0.0991 e. The van der Waals surface area contributed by atoms with Crippen molar-refractivity contribution in [2.24, 2.45) is 0 Å². The average molecular weight is 506 g/mol. The van der Waals surface area contributed by atoms with Gasteiger partial charge in [-0.1, -0.05) is 121 Å². The highest BCUT2D eigenvalue weighted by molar-refractivity contribution is 6.26. The summed E-state index contributed by atoms with van der Waals surface area (Å²) in [5, 5.41) is 19.7.